The number of phenols is 1. The number of fused-ring (bicyclic) bond motifs is 1. The lowest BCUT2D eigenvalue weighted by Gasteiger charge is -2.35. The summed E-state index contributed by atoms with van der Waals surface area (Å²) in [6.45, 7) is 5.20. The maximum absolute atomic E-state index is 15.5. The first-order valence-corrected chi connectivity index (χ1v) is 9.79. The zero-order chi connectivity index (χ0) is 22.3. The van der Waals surface area contributed by atoms with E-state index in [9.17, 15) is 14.3 Å². The number of nitrogen functional groups attached to an aromatic ring is 1. The van der Waals surface area contributed by atoms with Crippen molar-refractivity contribution in [3.8, 4) is 16.9 Å². The molecule has 3 aromatic rings. The molecule has 3 N–H and O–H groups in total. The van der Waals surface area contributed by atoms with Crippen LogP contribution in [0.5, 0.6) is 5.75 Å². The number of anilines is 2. The Bertz CT molecular complexity index is 1190. The highest BCUT2D eigenvalue weighted by Gasteiger charge is 2.26. The Hall–Kier alpha value is -3.46. The van der Waals surface area contributed by atoms with E-state index in [-0.39, 0.29) is 33.5 Å². The van der Waals surface area contributed by atoms with Gasteiger partial charge in [0.2, 0.25) is 11.9 Å². The van der Waals surface area contributed by atoms with Crippen molar-refractivity contribution in [2.45, 2.75) is 0 Å². The van der Waals surface area contributed by atoms with E-state index < -0.39 is 17.4 Å². The van der Waals surface area contributed by atoms with Gasteiger partial charge in [0.1, 0.15) is 22.9 Å². The van der Waals surface area contributed by atoms with Crippen LogP contribution in [0.4, 0.5) is 20.5 Å². The number of halogens is 3. The normalized spacial score (nSPS) is 14.2. The molecule has 0 bridgehead atoms. The predicted octanol–water partition coefficient (Wildman–Crippen LogP) is 3.35. The molecule has 10 heteroatoms. The van der Waals surface area contributed by atoms with Gasteiger partial charge in [-0.3, -0.25) is 4.79 Å². The molecule has 1 aliphatic heterocycles. The van der Waals surface area contributed by atoms with E-state index in [1.165, 1.54) is 24.3 Å². The summed E-state index contributed by atoms with van der Waals surface area (Å²) in [4.78, 5) is 23.6. The molecule has 2 heterocycles. The smallest absolute Gasteiger partial charge is 0.246 e. The van der Waals surface area contributed by atoms with Crippen LogP contribution in [0, 0.1) is 11.6 Å². The van der Waals surface area contributed by atoms with Gasteiger partial charge in [0, 0.05) is 37.1 Å². The van der Waals surface area contributed by atoms with Crippen molar-refractivity contribution < 1.29 is 18.7 Å². The first-order valence-electron chi connectivity index (χ1n) is 9.41. The Kier molecular flexibility index (Phi) is 5.36. The van der Waals surface area contributed by atoms with Crippen LogP contribution in [0.25, 0.3) is 22.0 Å². The summed E-state index contributed by atoms with van der Waals surface area (Å²) >= 11 is 6.33. The molecular formula is C21H18ClF2N5O2. The highest BCUT2D eigenvalue weighted by Crippen LogP contribution is 2.42. The van der Waals surface area contributed by atoms with Crippen molar-refractivity contribution in [2.75, 3.05) is 36.8 Å². The second-order valence-corrected chi connectivity index (χ2v) is 7.41. The lowest BCUT2D eigenvalue weighted by atomic mass is 10.0. The number of hydrogen-bond acceptors (Lipinski definition) is 6. The van der Waals surface area contributed by atoms with Gasteiger partial charge in [0.15, 0.2) is 5.82 Å². The van der Waals surface area contributed by atoms with Crippen LogP contribution in [0.2, 0.25) is 5.02 Å². The van der Waals surface area contributed by atoms with Gasteiger partial charge in [-0.25, -0.2) is 13.8 Å². The van der Waals surface area contributed by atoms with Crippen LogP contribution < -0.4 is 10.6 Å². The number of nitrogens with two attached hydrogens (primary N) is 1. The van der Waals surface area contributed by atoms with E-state index in [1.54, 1.807) is 4.90 Å². The van der Waals surface area contributed by atoms with Gasteiger partial charge in [-0.2, -0.15) is 4.98 Å². The molecule has 0 unspecified atom stereocenters. The molecule has 0 spiro atoms. The second kappa shape index (κ2) is 7.99. The summed E-state index contributed by atoms with van der Waals surface area (Å²) in [5.74, 6) is -2.18. The number of rotatable bonds is 3. The molecule has 0 aliphatic carbocycles. The largest absolute Gasteiger partial charge is 0.507 e. The Balaban J connectivity index is 1.84. The van der Waals surface area contributed by atoms with Crippen molar-refractivity contribution >= 4 is 40.2 Å². The van der Waals surface area contributed by atoms with Crippen molar-refractivity contribution in [1.82, 2.24) is 14.9 Å². The van der Waals surface area contributed by atoms with Crippen LogP contribution in [-0.4, -0.2) is 52.1 Å². The number of carbonyl (C=O) groups is 1. The van der Waals surface area contributed by atoms with Crippen LogP contribution in [0.1, 0.15) is 0 Å². The maximum Gasteiger partial charge on any atom is 0.246 e. The van der Waals surface area contributed by atoms with Crippen LogP contribution in [-0.2, 0) is 4.79 Å². The fourth-order valence-corrected chi connectivity index (χ4v) is 3.98. The molecule has 7 nitrogen and oxygen atoms in total. The van der Waals surface area contributed by atoms with Crippen LogP contribution >= 0.6 is 11.6 Å². The van der Waals surface area contributed by atoms with Crippen molar-refractivity contribution in [1.29, 1.82) is 0 Å². The van der Waals surface area contributed by atoms with E-state index in [4.69, 9.17) is 17.3 Å². The lowest BCUT2D eigenvalue weighted by molar-refractivity contribution is -0.126. The van der Waals surface area contributed by atoms with Gasteiger partial charge in [-0.1, -0.05) is 24.2 Å². The summed E-state index contributed by atoms with van der Waals surface area (Å²) in [7, 11) is 0. The summed E-state index contributed by atoms with van der Waals surface area (Å²) < 4.78 is 29.9. The monoisotopic (exact) mass is 445 g/mol. The fourth-order valence-electron chi connectivity index (χ4n) is 3.69. The number of hydrogen-bond donors (Lipinski definition) is 2. The first kappa shape index (κ1) is 20.8. The average molecular weight is 446 g/mol. The number of carbonyl (C=O) groups excluding carboxylic acids is 1. The van der Waals surface area contributed by atoms with Crippen LogP contribution in [0.15, 0.2) is 36.9 Å². The molecule has 4 rings (SSSR count). The SMILES string of the molecule is C=CC(=O)N1CCN(c2nc(N)nc3c(F)c(-c4c(O)cccc4F)c(Cl)cc23)CC1. The molecule has 31 heavy (non-hydrogen) atoms. The molecule has 0 saturated carbocycles. The minimum Gasteiger partial charge on any atom is -0.507 e. The standard InChI is InChI=1S/C21H18ClF2N5O2/c1-2-15(31)28-6-8-29(9-7-28)20-11-10-12(22)16(17-13(23)4-3-5-14(17)30)18(24)19(11)26-21(25)27-20/h2-5,10,30H,1,6-9H2,(H2,25,26,27). The first-order chi connectivity index (χ1) is 14.8. The highest BCUT2D eigenvalue weighted by atomic mass is 35.5. The Morgan fingerprint density at radius 3 is 2.55 bits per heavy atom. The quantitative estimate of drug-likeness (QED) is 0.600. The number of nitrogens with zero attached hydrogens (tertiary/aromatic N) is 4. The topological polar surface area (TPSA) is 95.6 Å². The van der Waals surface area contributed by atoms with Crippen molar-refractivity contribution in [3.63, 3.8) is 0 Å². The fraction of sp³-hybridized carbons (Fsp3) is 0.190. The van der Waals surface area contributed by atoms with Gasteiger partial charge in [0.05, 0.1) is 10.6 Å². The van der Waals surface area contributed by atoms with Gasteiger partial charge in [0.25, 0.3) is 0 Å². The van der Waals surface area contributed by atoms with Gasteiger partial charge >= 0.3 is 0 Å². The van der Waals surface area contributed by atoms with E-state index >= 15 is 4.39 Å². The number of phenolic OH excluding ortho intramolecular Hbond substituents is 1. The van der Waals surface area contributed by atoms with Crippen LogP contribution in [0.3, 0.4) is 0 Å². The Labute approximate surface area is 181 Å². The number of aromatic nitrogens is 2. The summed E-state index contributed by atoms with van der Waals surface area (Å²) in [6, 6.07) is 5.06. The molecule has 1 fully saturated rings. The molecule has 160 valence electrons. The van der Waals surface area contributed by atoms with E-state index in [0.29, 0.717) is 37.4 Å². The highest BCUT2D eigenvalue weighted by molar-refractivity contribution is 6.34. The molecule has 0 radical (unpaired) electrons. The zero-order valence-corrected chi connectivity index (χ0v) is 17.0. The molecule has 1 aromatic heterocycles. The molecular weight excluding hydrogens is 428 g/mol. The number of aromatic hydroxyl groups is 1. The number of piperazine rings is 1. The minimum atomic E-state index is -0.918. The third kappa shape index (κ3) is 3.61. The Morgan fingerprint density at radius 2 is 1.90 bits per heavy atom. The predicted molar refractivity (Wildman–Crippen MR) is 115 cm³/mol. The Morgan fingerprint density at radius 1 is 1.19 bits per heavy atom. The van der Waals surface area contributed by atoms with Gasteiger partial charge in [-0.05, 0) is 24.3 Å². The lowest BCUT2D eigenvalue weighted by Crippen LogP contribution is -2.48. The van der Waals surface area contributed by atoms with E-state index in [2.05, 4.69) is 16.5 Å². The summed E-state index contributed by atoms with van der Waals surface area (Å²) in [6.07, 6.45) is 1.25. The molecule has 1 aliphatic rings. The number of amides is 1. The molecule has 1 amide bonds. The van der Waals surface area contributed by atoms with Crippen molar-refractivity contribution in [3.05, 3.63) is 53.6 Å². The zero-order valence-electron chi connectivity index (χ0n) is 16.3. The summed E-state index contributed by atoms with van der Waals surface area (Å²) in [5, 5.41) is 10.3. The second-order valence-electron chi connectivity index (χ2n) is 7.00. The average Bonchev–Trinajstić information content (AvgIpc) is 2.75. The number of benzene rings is 2. The molecule has 0 atom stereocenters. The van der Waals surface area contributed by atoms with Gasteiger partial charge < -0.3 is 20.6 Å². The molecule has 2 aromatic carbocycles. The minimum absolute atomic E-state index is 0.111. The van der Waals surface area contributed by atoms with Crippen molar-refractivity contribution in [2.24, 2.45) is 0 Å². The molecule has 1 saturated heterocycles. The third-order valence-electron chi connectivity index (χ3n) is 5.19. The maximum atomic E-state index is 15.5. The van der Waals surface area contributed by atoms with Gasteiger partial charge in [-0.15, -0.1) is 0 Å². The van der Waals surface area contributed by atoms with E-state index in [1.807, 2.05) is 4.90 Å². The summed E-state index contributed by atoms with van der Waals surface area (Å²) in [5.41, 5.74) is 5.02. The van der Waals surface area contributed by atoms with E-state index in [0.717, 1.165) is 6.07 Å². The third-order valence-corrected chi connectivity index (χ3v) is 5.49.